The van der Waals surface area contributed by atoms with Gasteiger partial charge in [0.25, 0.3) is 0 Å². The molecule has 0 fully saturated rings. The highest BCUT2D eigenvalue weighted by Crippen LogP contribution is 1.98. The second-order valence-electron chi connectivity index (χ2n) is 1.80. The van der Waals surface area contributed by atoms with Crippen LogP contribution in [0.15, 0.2) is 24.3 Å². The number of hydrogen-bond donors (Lipinski definition) is 0. The molecule has 0 saturated carbocycles. The van der Waals surface area contributed by atoms with Crippen molar-refractivity contribution in [1.82, 2.24) is 0 Å². The third-order valence-electron chi connectivity index (χ3n) is 1.01. The van der Waals surface area contributed by atoms with Gasteiger partial charge in [0, 0.05) is 0 Å². The Morgan fingerprint density at radius 3 is 1.89 bits per heavy atom. The minimum absolute atomic E-state index is 0. The summed E-state index contributed by atoms with van der Waals surface area (Å²) < 4.78 is 12.1. The first-order valence-electron chi connectivity index (χ1n) is 2.51. The van der Waals surface area contributed by atoms with Crippen molar-refractivity contribution in [3.63, 3.8) is 0 Å². The molecule has 1 unspecified atom stereocenters. The van der Waals surface area contributed by atoms with Gasteiger partial charge in [-0.05, 0) is 19.1 Å². The van der Waals surface area contributed by atoms with Gasteiger partial charge in [-0.2, -0.15) is 9.90 Å². The first-order chi connectivity index (χ1) is 3.79. The molecule has 1 atom stereocenters. The number of hydrogen-bond acceptors (Lipinski definition) is 0. The van der Waals surface area contributed by atoms with E-state index >= 15 is 0 Å². The Bertz CT molecular complexity index is 148. The summed E-state index contributed by atoms with van der Waals surface area (Å²) in [5.74, 6) is -0.171. The van der Waals surface area contributed by atoms with Crippen LogP contribution in [0, 0.1) is 12.7 Å². The van der Waals surface area contributed by atoms with Crippen LogP contribution in [0.1, 0.15) is 5.56 Å². The zero-order chi connectivity index (χ0) is 5.98. The molecular weight excluding hydrogens is 134 g/mol. The maximum Gasteiger partial charge on any atom is 0.123 e. The average Bonchev–Trinajstić information content (AvgIpc) is 1.77. The molecule has 1 aromatic carbocycles. The van der Waals surface area contributed by atoms with E-state index in [1.54, 1.807) is 12.1 Å². The quantitative estimate of drug-likeness (QED) is 0.489. The van der Waals surface area contributed by atoms with Crippen LogP contribution in [0.25, 0.3) is 0 Å². The number of halogens is 1. The van der Waals surface area contributed by atoms with E-state index in [9.17, 15) is 4.39 Å². The van der Waals surface area contributed by atoms with Gasteiger partial charge in [0.2, 0.25) is 0 Å². The zero-order valence-electron chi connectivity index (χ0n) is 5.39. The van der Waals surface area contributed by atoms with Crippen LogP contribution in [-0.2, 0) is 0 Å². The molecule has 0 radical (unpaired) electrons. The van der Waals surface area contributed by atoms with E-state index < -0.39 is 0 Å². The summed E-state index contributed by atoms with van der Waals surface area (Å²) in [5, 5.41) is 0. The highest BCUT2D eigenvalue weighted by atomic mass is 31.0. The summed E-state index contributed by atoms with van der Waals surface area (Å²) in [6, 6.07) is 6.40. The Kier molecular flexibility index (Phi) is 3.41. The Labute approximate surface area is 57.7 Å². The molecule has 2 heteroatoms. The van der Waals surface area contributed by atoms with Crippen LogP contribution in [-0.4, -0.2) is 0 Å². The summed E-state index contributed by atoms with van der Waals surface area (Å²) >= 11 is 0. The van der Waals surface area contributed by atoms with Gasteiger partial charge in [-0.25, -0.2) is 4.39 Å². The van der Waals surface area contributed by atoms with E-state index in [1.165, 1.54) is 12.1 Å². The Morgan fingerprint density at radius 2 is 1.56 bits per heavy atom. The highest BCUT2D eigenvalue weighted by molar-refractivity contribution is 6.92. The molecule has 0 N–H and O–H groups in total. The molecule has 1 aromatic rings. The van der Waals surface area contributed by atoms with E-state index in [-0.39, 0.29) is 15.7 Å². The van der Waals surface area contributed by atoms with Crippen LogP contribution in [0.5, 0.6) is 0 Å². The Morgan fingerprint density at radius 1 is 1.11 bits per heavy atom. The fourth-order valence-corrected chi connectivity index (χ4v) is 0.533. The van der Waals surface area contributed by atoms with Gasteiger partial charge in [0.1, 0.15) is 5.82 Å². The van der Waals surface area contributed by atoms with Crippen LogP contribution in [0.3, 0.4) is 0 Å². The number of rotatable bonds is 0. The van der Waals surface area contributed by atoms with Crippen molar-refractivity contribution >= 4 is 9.90 Å². The van der Waals surface area contributed by atoms with Gasteiger partial charge in [-0.15, -0.1) is 0 Å². The molecule has 1 rings (SSSR count). The van der Waals surface area contributed by atoms with Gasteiger partial charge in [0.15, 0.2) is 0 Å². The second-order valence-corrected chi connectivity index (χ2v) is 1.80. The van der Waals surface area contributed by atoms with Crippen LogP contribution < -0.4 is 0 Å². The molecule has 50 valence electrons. The minimum atomic E-state index is -0.171. The highest BCUT2D eigenvalue weighted by Gasteiger charge is 1.83. The lowest BCUT2D eigenvalue weighted by Gasteiger charge is -1.87. The molecule has 0 aromatic heterocycles. The van der Waals surface area contributed by atoms with Crippen LogP contribution >= 0.6 is 9.90 Å². The molecule has 9 heavy (non-hydrogen) atoms. The lowest BCUT2D eigenvalue weighted by Crippen LogP contribution is -1.71. The largest absolute Gasteiger partial charge is 0.207 e. The predicted molar refractivity (Wildman–Crippen MR) is 42.2 cm³/mol. The maximum atomic E-state index is 12.1. The third-order valence-corrected chi connectivity index (χ3v) is 1.01. The van der Waals surface area contributed by atoms with E-state index in [2.05, 4.69) is 0 Å². The lowest BCUT2D eigenvalue weighted by molar-refractivity contribution is 0.627. The molecule has 0 heterocycles. The lowest BCUT2D eigenvalue weighted by atomic mass is 10.2. The van der Waals surface area contributed by atoms with Crippen molar-refractivity contribution < 1.29 is 4.39 Å². The first-order valence-corrected chi connectivity index (χ1v) is 2.51. The van der Waals surface area contributed by atoms with E-state index in [0.717, 1.165) is 5.56 Å². The molecule has 0 aliphatic heterocycles. The fraction of sp³-hybridized carbons (Fsp3) is 0.143. The van der Waals surface area contributed by atoms with Crippen molar-refractivity contribution in [1.29, 1.82) is 0 Å². The van der Waals surface area contributed by atoms with Gasteiger partial charge in [-0.1, -0.05) is 17.7 Å². The summed E-state index contributed by atoms with van der Waals surface area (Å²) in [4.78, 5) is 0. The summed E-state index contributed by atoms with van der Waals surface area (Å²) in [6.45, 7) is 1.93. The smallest absolute Gasteiger partial charge is 0.123 e. The van der Waals surface area contributed by atoms with E-state index in [4.69, 9.17) is 0 Å². The van der Waals surface area contributed by atoms with Gasteiger partial charge in [-0.3, -0.25) is 0 Å². The predicted octanol–water partition coefficient (Wildman–Crippen LogP) is 2.19. The van der Waals surface area contributed by atoms with Gasteiger partial charge >= 0.3 is 0 Å². The first kappa shape index (κ1) is 8.58. The standard InChI is InChI=1S/C7H7F.H3P/c1-6-2-4-7(8)5-3-6;/h2-5H,1H3;1H3. The zero-order valence-corrected chi connectivity index (χ0v) is 6.81. The van der Waals surface area contributed by atoms with Crippen LogP contribution in [0.2, 0.25) is 0 Å². The summed E-state index contributed by atoms with van der Waals surface area (Å²) in [7, 11) is 0. The summed E-state index contributed by atoms with van der Waals surface area (Å²) in [5.41, 5.74) is 1.09. The van der Waals surface area contributed by atoms with Crippen molar-refractivity contribution in [2.24, 2.45) is 0 Å². The minimum Gasteiger partial charge on any atom is -0.207 e. The molecule has 0 nitrogen and oxygen atoms in total. The monoisotopic (exact) mass is 144 g/mol. The summed E-state index contributed by atoms with van der Waals surface area (Å²) in [6.07, 6.45) is 0. The second kappa shape index (κ2) is 3.58. The van der Waals surface area contributed by atoms with Crippen molar-refractivity contribution in [3.8, 4) is 0 Å². The van der Waals surface area contributed by atoms with Gasteiger partial charge < -0.3 is 0 Å². The molecule has 0 aliphatic carbocycles. The molecule has 0 amide bonds. The maximum absolute atomic E-state index is 12.1. The number of aryl methyl sites for hydroxylation is 1. The van der Waals surface area contributed by atoms with Crippen molar-refractivity contribution in [2.75, 3.05) is 0 Å². The molecule has 0 spiro atoms. The Balaban J connectivity index is 0.000000640. The topological polar surface area (TPSA) is 0 Å². The van der Waals surface area contributed by atoms with Crippen LogP contribution in [0.4, 0.5) is 4.39 Å². The molecule has 0 aliphatic rings. The molecule has 0 bridgehead atoms. The molecular formula is C7H10FP. The third kappa shape index (κ3) is 2.57. The molecule has 0 saturated heterocycles. The number of benzene rings is 1. The fourth-order valence-electron chi connectivity index (χ4n) is 0.533. The van der Waals surface area contributed by atoms with E-state index in [0.29, 0.717) is 0 Å². The normalized spacial score (nSPS) is 8.22. The van der Waals surface area contributed by atoms with Crippen molar-refractivity contribution in [3.05, 3.63) is 35.6 Å². The SMILES string of the molecule is Cc1ccc(F)cc1.P. The average molecular weight is 144 g/mol. The van der Waals surface area contributed by atoms with Gasteiger partial charge in [0.05, 0.1) is 0 Å². The van der Waals surface area contributed by atoms with E-state index in [1.807, 2.05) is 6.92 Å². The Hall–Kier alpha value is -0.420. The van der Waals surface area contributed by atoms with Crippen molar-refractivity contribution in [2.45, 2.75) is 6.92 Å².